The Morgan fingerprint density at radius 1 is 1.21 bits per heavy atom. The molecule has 4 rings (SSSR count). The van der Waals surface area contributed by atoms with Gasteiger partial charge < -0.3 is 9.47 Å². The summed E-state index contributed by atoms with van der Waals surface area (Å²) in [4.78, 5) is 21.5. The normalized spacial score (nSPS) is 10.8. The molecule has 1 N–H and O–H groups in total. The number of hydrogen-bond acceptors (Lipinski definition) is 7. The number of carbonyl (C=O) groups is 1. The minimum atomic E-state index is -0.292. The van der Waals surface area contributed by atoms with Gasteiger partial charge in [0.25, 0.3) is 5.91 Å². The molecule has 0 saturated heterocycles. The first kappa shape index (κ1) is 17.9. The average Bonchev–Trinajstić information content (AvgIpc) is 3.30. The fourth-order valence-electron chi connectivity index (χ4n) is 2.88. The number of aromatic nitrogens is 4. The van der Waals surface area contributed by atoms with Crippen molar-refractivity contribution in [3.8, 4) is 22.8 Å². The lowest BCUT2D eigenvalue weighted by molar-refractivity contribution is 0.102. The monoisotopic (exact) mass is 395 g/mol. The molecule has 3 aromatic heterocycles. The van der Waals surface area contributed by atoms with Crippen molar-refractivity contribution >= 4 is 28.0 Å². The van der Waals surface area contributed by atoms with Gasteiger partial charge in [0.2, 0.25) is 0 Å². The number of benzene rings is 1. The molecule has 1 amide bonds. The number of fused-ring (bicyclic) bond motifs is 1. The summed E-state index contributed by atoms with van der Waals surface area (Å²) in [5, 5.41) is 9.52. The highest BCUT2D eigenvalue weighted by Crippen LogP contribution is 2.33. The SMILES string of the molecule is COc1ccc(-c2csc(NC(=O)c3c(C)nn4cccnc34)n2)cc1OC. The molecule has 0 atom stereocenters. The Labute approximate surface area is 164 Å². The molecule has 9 heteroatoms. The van der Waals surface area contributed by atoms with Gasteiger partial charge in [0, 0.05) is 23.3 Å². The van der Waals surface area contributed by atoms with E-state index in [2.05, 4.69) is 20.4 Å². The van der Waals surface area contributed by atoms with E-state index < -0.39 is 0 Å². The van der Waals surface area contributed by atoms with Crippen LogP contribution in [0.15, 0.2) is 42.0 Å². The molecular weight excluding hydrogens is 378 g/mol. The summed E-state index contributed by atoms with van der Waals surface area (Å²) in [5.41, 5.74) is 3.14. The molecule has 0 aliphatic rings. The number of ether oxygens (including phenoxy) is 2. The molecule has 0 spiro atoms. The Bertz CT molecular complexity index is 1170. The summed E-state index contributed by atoms with van der Waals surface area (Å²) in [6, 6.07) is 7.32. The quantitative estimate of drug-likeness (QED) is 0.557. The van der Waals surface area contributed by atoms with Crippen LogP contribution in [0.5, 0.6) is 11.5 Å². The van der Waals surface area contributed by atoms with Gasteiger partial charge in [0.15, 0.2) is 22.3 Å². The summed E-state index contributed by atoms with van der Waals surface area (Å²) < 4.78 is 12.2. The van der Waals surface area contributed by atoms with E-state index >= 15 is 0 Å². The maximum atomic E-state index is 12.8. The number of hydrogen-bond donors (Lipinski definition) is 1. The summed E-state index contributed by atoms with van der Waals surface area (Å²) in [5.74, 6) is 0.970. The van der Waals surface area contributed by atoms with Gasteiger partial charge in [-0.15, -0.1) is 11.3 Å². The van der Waals surface area contributed by atoms with E-state index in [0.29, 0.717) is 33.5 Å². The largest absolute Gasteiger partial charge is 0.493 e. The van der Waals surface area contributed by atoms with E-state index in [4.69, 9.17) is 9.47 Å². The number of rotatable bonds is 5. The second kappa shape index (κ2) is 7.28. The molecule has 0 unspecified atom stereocenters. The number of amides is 1. The van der Waals surface area contributed by atoms with Gasteiger partial charge in [-0.3, -0.25) is 10.1 Å². The van der Waals surface area contributed by atoms with Crippen LogP contribution in [-0.4, -0.2) is 39.7 Å². The van der Waals surface area contributed by atoms with E-state index in [1.54, 1.807) is 44.1 Å². The third-order valence-corrected chi connectivity index (χ3v) is 4.96. The van der Waals surface area contributed by atoms with Crippen LogP contribution < -0.4 is 14.8 Å². The highest BCUT2D eigenvalue weighted by molar-refractivity contribution is 7.14. The van der Waals surface area contributed by atoms with Crippen molar-refractivity contribution in [3.63, 3.8) is 0 Å². The van der Waals surface area contributed by atoms with Crippen LogP contribution in [0.25, 0.3) is 16.9 Å². The van der Waals surface area contributed by atoms with E-state index in [1.807, 2.05) is 23.6 Å². The zero-order valence-corrected chi connectivity index (χ0v) is 16.3. The van der Waals surface area contributed by atoms with Crippen LogP contribution in [0.1, 0.15) is 16.1 Å². The average molecular weight is 395 g/mol. The molecule has 8 nitrogen and oxygen atoms in total. The predicted octanol–water partition coefficient (Wildman–Crippen LogP) is 3.43. The van der Waals surface area contributed by atoms with Crippen molar-refractivity contribution in [2.45, 2.75) is 6.92 Å². The standard InChI is InChI=1S/C19H17N5O3S/c1-11-16(17-20-7-4-8-24(17)23-11)18(25)22-19-21-13(10-28-19)12-5-6-14(26-2)15(9-12)27-3/h4-10H,1-3H3,(H,21,22,25). The molecule has 0 radical (unpaired) electrons. The van der Waals surface area contributed by atoms with Gasteiger partial charge >= 0.3 is 0 Å². The smallest absolute Gasteiger partial charge is 0.263 e. The molecule has 28 heavy (non-hydrogen) atoms. The second-order valence-electron chi connectivity index (χ2n) is 5.91. The number of nitrogens with one attached hydrogen (secondary N) is 1. The van der Waals surface area contributed by atoms with Crippen molar-refractivity contribution in [1.82, 2.24) is 19.6 Å². The maximum absolute atomic E-state index is 12.8. The topological polar surface area (TPSA) is 90.6 Å². The van der Waals surface area contributed by atoms with E-state index in [1.165, 1.54) is 11.3 Å². The van der Waals surface area contributed by atoms with Crippen LogP contribution in [0.2, 0.25) is 0 Å². The Hall–Kier alpha value is -3.46. The first-order chi connectivity index (χ1) is 13.6. The Balaban J connectivity index is 1.60. The fraction of sp³-hybridized carbons (Fsp3) is 0.158. The van der Waals surface area contributed by atoms with Crippen LogP contribution in [0.3, 0.4) is 0 Å². The van der Waals surface area contributed by atoms with Crippen molar-refractivity contribution in [1.29, 1.82) is 0 Å². The second-order valence-corrected chi connectivity index (χ2v) is 6.77. The van der Waals surface area contributed by atoms with Gasteiger partial charge in [0.05, 0.1) is 25.6 Å². The lowest BCUT2D eigenvalue weighted by Crippen LogP contribution is -2.13. The third-order valence-electron chi connectivity index (χ3n) is 4.20. The highest BCUT2D eigenvalue weighted by atomic mass is 32.1. The molecule has 0 aliphatic heterocycles. The third kappa shape index (κ3) is 3.16. The van der Waals surface area contributed by atoms with Gasteiger partial charge in [0.1, 0.15) is 5.56 Å². The molecule has 3 heterocycles. The molecule has 1 aromatic carbocycles. The van der Waals surface area contributed by atoms with Crippen molar-refractivity contribution in [2.24, 2.45) is 0 Å². The summed E-state index contributed by atoms with van der Waals surface area (Å²) in [7, 11) is 3.17. The zero-order valence-electron chi connectivity index (χ0n) is 15.5. The summed E-state index contributed by atoms with van der Waals surface area (Å²) >= 11 is 1.34. The number of methoxy groups -OCH3 is 2. The lowest BCUT2D eigenvalue weighted by atomic mass is 10.1. The Morgan fingerprint density at radius 3 is 2.82 bits per heavy atom. The first-order valence-electron chi connectivity index (χ1n) is 8.40. The number of nitrogens with zero attached hydrogens (tertiary/aromatic N) is 4. The molecule has 0 saturated carbocycles. The predicted molar refractivity (Wildman–Crippen MR) is 106 cm³/mol. The van der Waals surface area contributed by atoms with E-state index in [-0.39, 0.29) is 5.91 Å². The van der Waals surface area contributed by atoms with Crippen LogP contribution in [0.4, 0.5) is 5.13 Å². The molecule has 0 aliphatic carbocycles. The number of thiazole rings is 1. The number of anilines is 1. The zero-order chi connectivity index (χ0) is 19.7. The van der Waals surface area contributed by atoms with Crippen LogP contribution >= 0.6 is 11.3 Å². The maximum Gasteiger partial charge on any atom is 0.263 e. The molecular formula is C19H17N5O3S. The fourth-order valence-corrected chi connectivity index (χ4v) is 3.60. The number of carbonyl (C=O) groups excluding carboxylic acids is 1. The Kier molecular flexibility index (Phi) is 4.66. The highest BCUT2D eigenvalue weighted by Gasteiger charge is 2.19. The minimum Gasteiger partial charge on any atom is -0.493 e. The van der Waals surface area contributed by atoms with Gasteiger partial charge in [-0.2, -0.15) is 5.10 Å². The van der Waals surface area contributed by atoms with Gasteiger partial charge in [-0.25, -0.2) is 14.5 Å². The minimum absolute atomic E-state index is 0.292. The van der Waals surface area contributed by atoms with E-state index in [0.717, 1.165) is 11.3 Å². The Morgan fingerprint density at radius 2 is 2.04 bits per heavy atom. The van der Waals surface area contributed by atoms with E-state index in [9.17, 15) is 4.79 Å². The summed E-state index contributed by atoms with van der Waals surface area (Å²) in [6.07, 6.45) is 3.39. The van der Waals surface area contributed by atoms with Crippen molar-refractivity contribution in [3.05, 3.63) is 53.3 Å². The lowest BCUT2D eigenvalue weighted by Gasteiger charge is -2.08. The summed E-state index contributed by atoms with van der Waals surface area (Å²) in [6.45, 7) is 1.78. The van der Waals surface area contributed by atoms with Crippen molar-refractivity contribution < 1.29 is 14.3 Å². The van der Waals surface area contributed by atoms with Crippen LogP contribution in [0, 0.1) is 6.92 Å². The van der Waals surface area contributed by atoms with Crippen molar-refractivity contribution in [2.75, 3.05) is 19.5 Å². The molecule has 4 aromatic rings. The van der Waals surface area contributed by atoms with Crippen LogP contribution in [-0.2, 0) is 0 Å². The molecule has 0 bridgehead atoms. The number of aryl methyl sites for hydroxylation is 1. The molecule has 0 fully saturated rings. The first-order valence-corrected chi connectivity index (χ1v) is 9.28. The van der Waals surface area contributed by atoms with Gasteiger partial charge in [-0.05, 0) is 31.2 Å². The van der Waals surface area contributed by atoms with Gasteiger partial charge in [-0.1, -0.05) is 0 Å². The molecule has 142 valence electrons.